The molecule has 4 heteroatoms. The molecule has 2 rings (SSSR count). The summed E-state index contributed by atoms with van der Waals surface area (Å²) in [5.41, 5.74) is 3.78. The number of halogens is 1. The fraction of sp³-hybridized carbons (Fsp3) is 0.118. The highest BCUT2D eigenvalue weighted by atomic mass is 35.5. The van der Waals surface area contributed by atoms with E-state index in [2.05, 4.69) is 10.6 Å². The Morgan fingerprint density at radius 2 is 1.90 bits per heavy atom. The van der Waals surface area contributed by atoms with Gasteiger partial charge in [-0.25, -0.2) is 4.79 Å². The highest BCUT2D eigenvalue weighted by Gasteiger charge is 2.02. The highest BCUT2D eigenvalue weighted by Crippen LogP contribution is 2.17. The van der Waals surface area contributed by atoms with Gasteiger partial charge in [0.2, 0.25) is 0 Å². The Kier molecular flexibility index (Phi) is 5.01. The lowest BCUT2D eigenvalue weighted by atomic mass is 10.1. The predicted molar refractivity (Wildman–Crippen MR) is 88.6 cm³/mol. The summed E-state index contributed by atoms with van der Waals surface area (Å²) in [5, 5.41) is 6.13. The molecular weight excluding hydrogens is 284 g/mol. The number of carbonyl (C=O) groups is 1. The van der Waals surface area contributed by atoms with Gasteiger partial charge in [0.15, 0.2) is 0 Å². The van der Waals surface area contributed by atoms with Crippen molar-refractivity contribution in [2.75, 3.05) is 5.32 Å². The van der Waals surface area contributed by atoms with Gasteiger partial charge in [0, 0.05) is 16.9 Å². The first-order valence-electron chi connectivity index (χ1n) is 6.62. The van der Waals surface area contributed by atoms with Crippen LogP contribution in [0.15, 0.2) is 48.7 Å². The third-order valence-corrected chi connectivity index (χ3v) is 3.37. The Labute approximate surface area is 129 Å². The molecule has 0 radical (unpaired) electrons. The van der Waals surface area contributed by atoms with Crippen LogP contribution in [0.4, 0.5) is 10.5 Å². The average molecular weight is 301 g/mol. The first-order valence-corrected chi connectivity index (χ1v) is 7.00. The monoisotopic (exact) mass is 300 g/mol. The lowest BCUT2D eigenvalue weighted by Crippen LogP contribution is -2.24. The highest BCUT2D eigenvalue weighted by molar-refractivity contribution is 6.32. The van der Waals surface area contributed by atoms with Crippen LogP contribution in [0.1, 0.15) is 16.7 Å². The zero-order valence-corrected chi connectivity index (χ0v) is 12.7. The van der Waals surface area contributed by atoms with Crippen LogP contribution in [-0.2, 0) is 0 Å². The van der Waals surface area contributed by atoms with Crippen molar-refractivity contribution in [3.05, 3.63) is 70.4 Å². The van der Waals surface area contributed by atoms with Crippen molar-refractivity contribution in [2.24, 2.45) is 0 Å². The van der Waals surface area contributed by atoms with Crippen LogP contribution in [0, 0.1) is 13.8 Å². The SMILES string of the molecule is Cc1ccc(C)c(NC(=O)N/C=C/c2ccccc2Cl)c1. The molecule has 0 bridgehead atoms. The van der Waals surface area contributed by atoms with Gasteiger partial charge in [-0.2, -0.15) is 0 Å². The normalized spacial score (nSPS) is 10.6. The summed E-state index contributed by atoms with van der Waals surface area (Å²) in [5.74, 6) is 0. The molecule has 108 valence electrons. The molecule has 21 heavy (non-hydrogen) atoms. The van der Waals surface area contributed by atoms with E-state index in [-0.39, 0.29) is 6.03 Å². The smallest absolute Gasteiger partial charge is 0.314 e. The Morgan fingerprint density at radius 1 is 1.14 bits per heavy atom. The first-order chi connectivity index (χ1) is 10.1. The molecular formula is C17H17ClN2O. The molecule has 0 aliphatic heterocycles. The molecule has 2 aromatic rings. The van der Waals surface area contributed by atoms with E-state index in [4.69, 9.17) is 11.6 Å². The van der Waals surface area contributed by atoms with Crippen LogP contribution in [0.5, 0.6) is 0 Å². The van der Waals surface area contributed by atoms with Crippen LogP contribution in [-0.4, -0.2) is 6.03 Å². The number of amides is 2. The topological polar surface area (TPSA) is 41.1 Å². The standard InChI is InChI=1S/C17H17ClN2O/c1-12-7-8-13(2)16(11-12)20-17(21)19-10-9-14-5-3-4-6-15(14)18/h3-11H,1-2H3,(H2,19,20,21)/b10-9+. The quantitative estimate of drug-likeness (QED) is 0.844. The van der Waals surface area contributed by atoms with E-state index in [9.17, 15) is 4.79 Å². The Hall–Kier alpha value is -2.26. The maximum absolute atomic E-state index is 11.8. The number of nitrogens with one attached hydrogen (secondary N) is 2. The van der Waals surface area contributed by atoms with Crippen LogP contribution in [0.25, 0.3) is 6.08 Å². The van der Waals surface area contributed by atoms with E-state index >= 15 is 0 Å². The van der Waals surface area contributed by atoms with Gasteiger partial charge in [-0.05, 0) is 48.7 Å². The molecule has 0 saturated carbocycles. The molecule has 0 aliphatic rings. The van der Waals surface area contributed by atoms with Crippen LogP contribution >= 0.6 is 11.6 Å². The van der Waals surface area contributed by atoms with Crippen molar-refractivity contribution >= 4 is 29.4 Å². The van der Waals surface area contributed by atoms with E-state index < -0.39 is 0 Å². The Morgan fingerprint density at radius 3 is 2.67 bits per heavy atom. The number of anilines is 1. The Balaban J connectivity index is 1.96. The minimum atomic E-state index is -0.285. The van der Waals surface area contributed by atoms with Gasteiger partial charge >= 0.3 is 6.03 Å². The van der Waals surface area contributed by atoms with Crippen LogP contribution in [0.2, 0.25) is 5.02 Å². The van der Waals surface area contributed by atoms with Crippen LogP contribution < -0.4 is 10.6 Å². The number of rotatable bonds is 3. The molecule has 0 atom stereocenters. The summed E-state index contributed by atoms with van der Waals surface area (Å²) in [6.07, 6.45) is 3.33. The van der Waals surface area contributed by atoms with Crippen molar-refractivity contribution in [3.63, 3.8) is 0 Å². The van der Waals surface area contributed by atoms with Gasteiger partial charge in [0.25, 0.3) is 0 Å². The molecule has 0 heterocycles. The molecule has 2 N–H and O–H groups in total. The number of aryl methyl sites for hydroxylation is 2. The van der Waals surface area contributed by atoms with Crippen molar-refractivity contribution in [1.82, 2.24) is 5.32 Å². The summed E-state index contributed by atoms with van der Waals surface area (Å²) in [7, 11) is 0. The van der Waals surface area contributed by atoms with E-state index in [1.807, 2.05) is 50.2 Å². The summed E-state index contributed by atoms with van der Waals surface area (Å²) in [6, 6.07) is 13.1. The van der Waals surface area contributed by atoms with Crippen molar-refractivity contribution in [2.45, 2.75) is 13.8 Å². The second kappa shape index (κ2) is 6.95. The molecule has 2 aromatic carbocycles. The minimum Gasteiger partial charge on any atom is -0.314 e. The second-order valence-electron chi connectivity index (χ2n) is 4.77. The molecule has 0 aromatic heterocycles. The fourth-order valence-corrected chi connectivity index (χ4v) is 2.05. The largest absolute Gasteiger partial charge is 0.323 e. The number of hydrogen-bond acceptors (Lipinski definition) is 1. The third-order valence-electron chi connectivity index (χ3n) is 3.02. The van der Waals surface area contributed by atoms with E-state index in [1.54, 1.807) is 18.3 Å². The van der Waals surface area contributed by atoms with Gasteiger partial charge in [-0.3, -0.25) is 0 Å². The number of benzene rings is 2. The zero-order valence-electron chi connectivity index (χ0n) is 12.0. The first kappa shape index (κ1) is 15.1. The summed E-state index contributed by atoms with van der Waals surface area (Å²) in [4.78, 5) is 11.8. The maximum atomic E-state index is 11.8. The number of urea groups is 1. The van der Waals surface area contributed by atoms with Crippen molar-refractivity contribution in [1.29, 1.82) is 0 Å². The van der Waals surface area contributed by atoms with Gasteiger partial charge < -0.3 is 10.6 Å². The van der Waals surface area contributed by atoms with Gasteiger partial charge in [0.1, 0.15) is 0 Å². The van der Waals surface area contributed by atoms with E-state index in [0.29, 0.717) is 5.02 Å². The van der Waals surface area contributed by atoms with Gasteiger partial charge in [-0.15, -0.1) is 0 Å². The third kappa shape index (κ3) is 4.36. The molecule has 0 spiro atoms. The zero-order chi connectivity index (χ0) is 15.2. The molecule has 3 nitrogen and oxygen atoms in total. The average Bonchev–Trinajstić information content (AvgIpc) is 2.45. The number of carbonyl (C=O) groups excluding carboxylic acids is 1. The lowest BCUT2D eigenvalue weighted by molar-refractivity contribution is 0.255. The summed E-state index contributed by atoms with van der Waals surface area (Å²) < 4.78 is 0. The van der Waals surface area contributed by atoms with Crippen molar-refractivity contribution in [3.8, 4) is 0 Å². The Bertz CT molecular complexity index is 680. The fourth-order valence-electron chi connectivity index (χ4n) is 1.85. The summed E-state index contributed by atoms with van der Waals surface area (Å²) >= 11 is 6.03. The van der Waals surface area contributed by atoms with Crippen molar-refractivity contribution < 1.29 is 4.79 Å². The molecule has 0 unspecified atom stereocenters. The molecule has 0 aliphatic carbocycles. The molecule has 0 fully saturated rings. The van der Waals surface area contributed by atoms with E-state index in [0.717, 1.165) is 22.4 Å². The molecule has 2 amide bonds. The van der Waals surface area contributed by atoms with Gasteiger partial charge in [0.05, 0.1) is 0 Å². The van der Waals surface area contributed by atoms with Gasteiger partial charge in [-0.1, -0.05) is 41.9 Å². The molecule has 0 saturated heterocycles. The number of hydrogen-bond donors (Lipinski definition) is 2. The summed E-state index contributed by atoms with van der Waals surface area (Å²) in [6.45, 7) is 3.94. The van der Waals surface area contributed by atoms with Crippen LogP contribution in [0.3, 0.4) is 0 Å². The van der Waals surface area contributed by atoms with E-state index in [1.165, 1.54) is 0 Å². The predicted octanol–water partition coefficient (Wildman–Crippen LogP) is 4.75. The maximum Gasteiger partial charge on any atom is 0.323 e. The second-order valence-corrected chi connectivity index (χ2v) is 5.18. The lowest BCUT2D eigenvalue weighted by Gasteiger charge is -2.08. The minimum absolute atomic E-state index is 0.285.